The summed E-state index contributed by atoms with van der Waals surface area (Å²) >= 11 is 0. The maximum atomic E-state index is 13.8. The van der Waals surface area contributed by atoms with Gasteiger partial charge in [-0.25, -0.2) is 9.18 Å². The number of nitrogens with zero attached hydrogens (tertiary/aromatic N) is 2. The summed E-state index contributed by atoms with van der Waals surface area (Å²) in [5.74, 6) is -1.58. The summed E-state index contributed by atoms with van der Waals surface area (Å²) in [6, 6.07) is 3.75. The molecular formula is C21H25FN2O4. The van der Waals surface area contributed by atoms with Crippen molar-refractivity contribution >= 4 is 17.8 Å². The third-order valence-corrected chi connectivity index (χ3v) is 6.53. The van der Waals surface area contributed by atoms with Gasteiger partial charge < -0.3 is 14.9 Å². The fourth-order valence-corrected chi connectivity index (χ4v) is 4.53. The van der Waals surface area contributed by atoms with E-state index < -0.39 is 17.8 Å². The Balaban J connectivity index is 1.44. The largest absolute Gasteiger partial charge is 0.480 e. The number of rotatable bonds is 3. The zero-order valence-electron chi connectivity index (χ0n) is 16.0. The molecule has 3 aliphatic rings. The molecule has 4 rings (SSSR count). The molecule has 1 aromatic rings. The zero-order chi connectivity index (χ0) is 20.1. The number of piperidine rings is 1. The van der Waals surface area contributed by atoms with E-state index in [1.165, 1.54) is 6.07 Å². The molecule has 2 amide bonds. The smallest absolute Gasteiger partial charge is 0.326 e. The molecule has 1 aliphatic carbocycles. The standard InChI is InChI=1S/C21H25FN2O4/c1-13-2-3-15(10-16(13)22)18(25)23-8-6-21(7-9-23)11-17(20(27)28)24(12-21)19(26)14-4-5-14/h2-3,10,14,17H,4-9,11-12H2,1H3,(H,27,28)/t17-/m1/s1. The Kier molecular flexibility index (Phi) is 4.63. The third kappa shape index (κ3) is 3.38. The number of carboxylic acids is 1. The Morgan fingerprint density at radius 2 is 1.86 bits per heavy atom. The van der Waals surface area contributed by atoms with E-state index in [0.717, 1.165) is 12.8 Å². The molecule has 0 aromatic heterocycles. The van der Waals surface area contributed by atoms with Gasteiger partial charge in [0.25, 0.3) is 5.91 Å². The van der Waals surface area contributed by atoms with Crippen molar-refractivity contribution in [2.75, 3.05) is 19.6 Å². The quantitative estimate of drug-likeness (QED) is 0.863. The number of amides is 2. The summed E-state index contributed by atoms with van der Waals surface area (Å²) in [5, 5.41) is 9.59. The van der Waals surface area contributed by atoms with Crippen molar-refractivity contribution in [2.45, 2.75) is 45.1 Å². The second-order valence-corrected chi connectivity index (χ2v) is 8.55. The summed E-state index contributed by atoms with van der Waals surface area (Å²) in [6.07, 6.45) is 3.47. The number of aliphatic carboxylic acids is 1. The summed E-state index contributed by atoms with van der Waals surface area (Å²) in [4.78, 5) is 40.2. The SMILES string of the molecule is Cc1ccc(C(=O)N2CCC3(CC2)C[C@H](C(=O)O)N(C(=O)C2CC2)C3)cc1F. The molecule has 1 atom stereocenters. The maximum absolute atomic E-state index is 13.8. The molecule has 0 unspecified atom stereocenters. The highest BCUT2D eigenvalue weighted by Gasteiger charge is 2.52. The molecule has 150 valence electrons. The van der Waals surface area contributed by atoms with Crippen LogP contribution in [0.1, 0.15) is 48.0 Å². The van der Waals surface area contributed by atoms with Gasteiger partial charge >= 0.3 is 5.97 Å². The van der Waals surface area contributed by atoms with Crippen molar-refractivity contribution in [3.63, 3.8) is 0 Å². The van der Waals surface area contributed by atoms with Crippen LogP contribution in [0.3, 0.4) is 0 Å². The lowest BCUT2D eigenvalue weighted by Gasteiger charge is -2.39. The second-order valence-electron chi connectivity index (χ2n) is 8.55. The molecule has 1 N–H and O–H groups in total. The minimum atomic E-state index is -0.945. The van der Waals surface area contributed by atoms with Gasteiger partial charge in [0, 0.05) is 31.1 Å². The number of carbonyl (C=O) groups is 3. The van der Waals surface area contributed by atoms with E-state index in [9.17, 15) is 23.9 Å². The Morgan fingerprint density at radius 3 is 2.43 bits per heavy atom. The van der Waals surface area contributed by atoms with Crippen LogP contribution in [-0.4, -0.2) is 58.4 Å². The lowest BCUT2D eigenvalue weighted by Crippen LogP contribution is -2.45. The van der Waals surface area contributed by atoms with Gasteiger partial charge in [-0.05, 0) is 62.1 Å². The molecule has 2 aliphatic heterocycles. The Bertz CT molecular complexity index is 828. The third-order valence-electron chi connectivity index (χ3n) is 6.53. The van der Waals surface area contributed by atoms with Crippen molar-refractivity contribution < 1.29 is 23.9 Å². The average molecular weight is 388 g/mol. The highest BCUT2D eigenvalue weighted by molar-refractivity contribution is 5.94. The van der Waals surface area contributed by atoms with Crippen LogP contribution in [0.5, 0.6) is 0 Å². The minimum absolute atomic E-state index is 0.00454. The molecule has 2 saturated heterocycles. The van der Waals surface area contributed by atoms with Crippen LogP contribution in [0.2, 0.25) is 0 Å². The fourth-order valence-electron chi connectivity index (χ4n) is 4.53. The predicted octanol–water partition coefficient (Wildman–Crippen LogP) is 2.45. The first-order valence-electron chi connectivity index (χ1n) is 9.88. The van der Waals surface area contributed by atoms with Gasteiger partial charge in [-0.3, -0.25) is 9.59 Å². The molecule has 1 aromatic carbocycles. The first kappa shape index (κ1) is 18.9. The Morgan fingerprint density at radius 1 is 1.18 bits per heavy atom. The van der Waals surface area contributed by atoms with E-state index in [0.29, 0.717) is 50.0 Å². The molecule has 0 bridgehead atoms. The van der Waals surface area contributed by atoms with E-state index >= 15 is 0 Å². The normalized spacial score (nSPS) is 23.9. The number of benzene rings is 1. The number of hydrogen-bond donors (Lipinski definition) is 1. The van der Waals surface area contributed by atoms with Gasteiger partial charge in [-0.2, -0.15) is 0 Å². The minimum Gasteiger partial charge on any atom is -0.480 e. The molecule has 1 spiro atoms. The van der Waals surface area contributed by atoms with Crippen LogP contribution < -0.4 is 0 Å². The topological polar surface area (TPSA) is 77.9 Å². The summed E-state index contributed by atoms with van der Waals surface area (Å²) in [7, 11) is 0. The summed E-state index contributed by atoms with van der Waals surface area (Å²) < 4.78 is 13.8. The monoisotopic (exact) mass is 388 g/mol. The molecular weight excluding hydrogens is 363 g/mol. The van der Waals surface area contributed by atoms with E-state index in [1.54, 1.807) is 28.9 Å². The van der Waals surface area contributed by atoms with Gasteiger partial charge in [0.2, 0.25) is 5.91 Å². The van der Waals surface area contributed by atoms with Gasteiger partial charge in [0.05, 0.1) is 0 Å². The van der Waals surface area contributed by atoms with Gasteiger partial charge in [0.15, 0.2) is 0 Å². The van der Waals surface area contributed by atoms with Crippen LogP contribution in [-0.2, 0) is 9.59 Å². The summed E-state index contributed by atoms with van der Waals surface area (Å²) in [6.45, 7) is 3.10. The number of aryl methyl sites for hydroxylation is 1. The first-order chi connectivity index (χ1) is 13.3. The predicted molar refractivity (Wildman–Crippen MR) is 99.2 cm³/mol. The average Bonchev–Trinajstić information content (AvgIpc) is 3.46. The number of halogens is 1. The number of carbonyl (C=O) groups excluding carboxylic acids is 2. The van der Waals surface area contributed by atoms with E-state index in [2.05, 4.69) is 0 Å². The van der Waals surface area contributed by atoms with Crippen LogP contribution >= 0.6 is 0 Å². The van der Waals surface area contributed by atoms with Crippen molar-refractivity contribution in [3.8, 4) is 0 Å². The molecule has 28 heavy (non-hydrogen) atoms. The number of likely N-dealkylation sites (tertiary alicyclic amines) is 2. The molecule has 6 nitrogen and oxygen atoms in total. The Hall–Kier alpha value is -2.44. The molecule has 0 radical (unpaired) electrons. The molecule has 7 heteroatoms. The maximum Gasteiger partial charge on any atom is 0.326 e. The Labute approximate surface area is 163 Å². The molecule has 2 heterocycles. The van der Waals surface area contributed by atoms with Crippen molar-refractivity contribution in [1.29, 1.82) is 0 Å². The lowest BCUT2D eigenvalue weighted by molar-refractivity contribution is -0.148. The number of carboxylic acid groups (broad SMARTS) is 1. The zero-order valence-corrected chi connectivity index (χ0v) is 16.0. The summed E-state index contributed by atoms with van der Waals surface area (Å²) in [5.41, 5.74) is 0.586. The van der Waals surface area contributed by atoms with Crippen LogP contribution in [0.15, 0.2) is 18.2 Å². The van der Waals surface area contributed by atoms with Crippen LogP contribution in [0.25, 0.3) is 0 Å². The highest BCUT2D eigenvalue weighted by atomic mass is 19.1. The van der Waals surface area contributed by atoms with Crippen molar-refractivity contribution in [2.24, 2.45) is 11.3 Å². The molecule has 3 fully saturated rings. The van der Waals surface area contributed by atoms with E-state index in [1.807, 2.05) is 0 Å². The fraction of sp³-hybridized carbons (Fsp3) is 0.571. The first-order valence-corrected chi connectivity index (χ1v) is 9.88. The van der Waals surface area contributed by atoms with Gasteiger partial charge in [-0.15, -0.1) is 0 Å². The highest BCUT2D eigenvalue weighted by Crippen LogP contribution is 2.45. The van der Waals surface area contributed by atoms with E-state index in [4.69, 9.17) is 0 Å². The van der Waals surface area contributed by atoms with Crippen molar-refractivity contribution in [3.05, 3.63) is 35.1 Å². The van der Waals surface area contributed by atoms with Crippen LogP contribution in [0.4, 0.5) is 4.39 Å². The number of hydrogen-bond acceptors (Lipinski definition) is 3. The van der Waals surface area contributed by atoms with Crippen LogP contribution in [0, 0.1) is 24.1 Å². The second kappa shape index (κ2) is 6.87. The lowest BCUT2D eigenvalue weighted by atomic mass is 9.76. The van der Waals surface area contributed by atoms with Gasteiger partial charge in [0.1, 0.15) is 11.9 Å². The van der Waals surface area contributed by atoms with E-state index in [-0.39, 0.29) is 23.1 Å². The molecule has 1 saturated carbocycles. The van der Waals surface area contributed by atoms with Crippen molar-refractivity contribution in [1.82, 2.24) is 9.80 Å². The van der Waals surface area contributed by atoms with Gasteiger partial charge in [-0.1, -0.05) is 6.07 Å².